The van der Waals surface area contributed by atoms with E-state index in [2.05, 4.69) is 4.72 Å². The van der Waals surface area contributed by atoms with Crippen LogP contribution in [0.5, 0.6) is 0 Å². The molecule has 0 radical (unpaired) electrons. The summed E-state index contributed by atoms with van der Waals surface area (Å²) >= 11 is 6.80. The number of benzene rings is 1. The van der Waals surface area contributed by atoms with Crippen molar-refractivity contribution in [2.75, 3.05) is 4.72 Å². The average molecular weight is 339 g/mol. The molecule has 3 aromatic rings. The van der Waals surface area contributed by atoms with Crippen LogP contribution in [0.25, 0.3) is 5.69 Å². The first kappa shape index (κ1) is 14.2. The fraction of sp³-hybridized carbons (Fsp3) is 0. The van der Waals surface area contributed by atoms with Crippen LogP contribution >= 0.6 is 22.9 Å². The van der Waals surface area contributed by atoms with Crippen LogP contribution in [0.2, 0.25) is 4.34 Å². The molecule has 2 aromatic heterocycles. The minimum atomic E-state index is -3.58. The third-order valence-corrected chi connectivity index (χ3v) is 5.94. The molecule has 7 heteroatoms. The van der Waals surface area contributed by atoms with Crippen LogP contribution in [-0.4, -0.2) is 13.0 Å². The van der Waals surface area contributed by atoms with Gasteiger partial charge in [0.2, 0.25) is 0 Å². The molecule has 108 valence electrons. The first-order valence-corrected chi connectivity index (χ1v) is 8.74. The molecule has 21 heavy (non-hydrogen) atoms. The molecule has 1 aromatic carbocycles. The van der Waals surface area contributed by atoms with Gasteiger partial charge >= 0.3 is 0 Å². The molecule has 0 spiro atoms. The second-order valence-electron chi connectivity index (χ2n) is 4.30. The first-order chi connectivity index (χ1) is 10.0. The fourth-order valence-corrected chi connectivity index (χ4v) is 4.40. The van der Waals surface area contributed by atoms with E-state index < -0.39 is 10.0 Å². The number of aromatic nitrogens is 1. The Labute approximate surface area is 131 Å². The largest absolute Gasteiger partial charge is 0.324 e. The predicted octanol–water partition coefficient (Wildman–Crippen LogP) is 3.99. The Kier molecular flexibility index (Phi) is 3.75. The summed E-state index contributed by atoms with van der Waals surface area (Å²) in [5.41, 5.74) is 1.47. The van der Waals surface area contributed by atoms with Crippen LogP contribution in [0.1, 0.15) is 0 Å². The maximum atomic E-state index is 12.2. The van der Waals surface area contributed by atoms with E-state index in [-0.39, 0.29) is 4.21 Å². The Morgan fingerprint density at radius 2 is 1.67 bits per heavy atom. The van der Waals surface area contributed by atoms with Gasteiger partial charge in [-0.05, 0) is 48.5 Å². The molecule has 1 N–H and O–H groups in total. The Morgan fingerprint density at radius 1 is 1.00 bits per heavy atom. The first-order valence-electron chi connectivity index (χ1n) is 6.06. The van der Waals surface area contributed by atoms with Gasteiger partial charge in [-0.3, -0.25) is 4.72 Å². The summed E-state index contributed by atoms with van der Waals surface area (Å²) in [7, 11) is -3.58. The van der Waals surface area contributed by atoms with Crippen LogP contribution in [0, 0.1) is 0 Å². The van der Waals surface area contributed by atoms with Gasteiger partial charge in [0, 0.05) is 23.8 Å². The third-order valence-electron chi connectivity index (χ3n) is 2.84. The van der Waals surface area contributed by atoms with Gasteiger partial charge in [0.1, 0.15) is 4.21 Å². The molecule has 4 nitrogen and oxygen atoms in total. The lowest BCUT2D eigenvalue weighted by Crippen LogP contribution is -2.11. The lowest BCUT2D eigenvalue weighted by atomic mass is 10.3. The van der Waals surface area contributed by atoms with Crippen molar-refractivity contribution in [1.82, 2.24) is 4.57 Å². The Hall–Kier alpha value is -1.76. The second-order valence-corrected chi connectivity index (χ2v) is 7.93. The van der Waals surface area contributed by atoms with E-state index in [0.717, 1.165) is 17.0 Å². The molecular weight excluding hydrogens is 328 g/mol. The van der Waals surface area contributed by atoms with E-state index >= 15 is 0 Å². The normalized spacial score (nSPS) is 11.5. The summed E-state index contributed by atoms with van der Waals surface area (Å²) in [6.07, 6.45) is 3.85. The number of rotatable bonds is 4. The molecule has 0 unspecified atom stereocenters. The number of nitrogens with zero attached hydrogens (tertiary/aromatic N) is 1. The standard InChI is InChI=1S/C14H11ClN2O2S2/c15-13-7-8-14(20-13)21(18,19)16-11-3-5-12(6-4-11)17-9-1-2-10-17/h1-10,16H. The molecule has 0 aliphatic rings. The minimum absolute atomic E-state index is 0.196. The van der Waals surface area contributed by atoms with Gasteiger partial charge in [-0.2, -0.15) is 0 Å². The molecule has 0 atom stereocenters. The topological polar surface area (TPSA) is 51.1 Å². The highest BCUT2D eigenvalue weighted by Gasteiger charge is 2.16. The summed E-state index contributed by atoms with van der Waals surface area (Å²) in [5, 5.41) is 0. The highest BCUT2D eigenvalue weighted by atomic mass is 35.5. The summed E-state index contributed by atoms with van der Waals surface area (Å²) in [6.45, 7) is 0. The molecule has 0 saturated carbocycles. The maximum absolute atomic E-state index is 12.2. The van der Waals surface area contributed by atoms with Crippen molar-refractivity contribution in [2.45, 2.75) is 4.21 Å². The van der Waals surface area contributed by atoms with Gasteiger partial charge in [-0.15, -0.1) is 11.3 Å². The zero-order valence-corrected chi connectivity index (χ0v) is 13.1. The fourth-order valence-electron chi connectivity index (χ4n) is 1.86. The van der Waals surface area contributed by atoms with Crippen molar-refractivity contribution < 1.29 is 8.42 Å². The number of sulfonamides is 1. The van der Waals surface area contributed by atoms with Crippen LogP contribution in [-0.2, 0) is 10.0 Å². The molecule has 3 rings (SSSR count). The highest BCUT2D eigenvalue weighted by molar-refractivity contribution is 7.94. The molecule has 0 bridgehead atoms. The summed E-state index contributed by atoms with van der Waals surface area (Å²) in [4.78, 5) is 0. The molecule has 0 saturated heterocycles. The van der Waals surface area contributed by atoms with E-state index in [1.165, 1.54) is 6.07 Å². The van der Waals surface area contributed by atoms with E-state index in [1.807, 2.05) is 41.2 Å². The van der Waals surface area contributed by atoms with Crippen LogP contribution < -0.4 is 4.72 Å². The number of anilines is 1. The van der Waals surface area contributed by atoms with E-state index in [4.69, 9.17) is 11.6 Å². The number of halogens is 1. The SMILES string of the molecule is O=S(=O)(Nc1ccc(-n2cccc2)cc1)c1ccc(Cl)s1. The summed E-state index contributed by atoms with van der Waals surface area (Å²) < 4.78 is 29.4. The molecule has 2 heterocycles. The Balaban J connectivity index is 1.82. The minimum Gasteiger partial charge on any atom is -0.324 e. The molecule has 0 aliphatic heterocycles. The molecule has 0 amide bonds. The molecule has 0 fully saturated rings. The quantitative estimate of drug-likeness (QED) is 0.782. The molecular formula is C14H11ClN2O2S2. The van der Waals surface area contributed by atoms with Gasteiger partial charge in [0.25, 0.3) is 10.0 Å². The Morgan fingerprint density at radius 3 is 2.24 bits per heavy atom. The highest BCUT2D eigenvalue weighted by Crippen LogP contribution is 2.27. The Bertz CT molecular complexity index is 837. The number of nitrogens with one attached hydrogen (secondary N) is 1. The monoisotopic (exact) mass is 338 g/mol. The van der Waals surface area contributed by atoms with Crippen molar-refractivity contribution in [3.63, 3.8) is 0 Å². The van der Waals surface area contributed by atoms with Crippen LogP contribution in [0.4, 0.5) is 5.69 Å². The lowest BCUT2D eigenvalue weighted by Gasteiger charge is -2.08. The van der Waals surface area contributed by atoms with E-state index in [9.17, 15) is 8.42 Å². The van der Waals surface area contributed by atoms with Gasteiger partial charge in [-0.25, -0.2) is 8.42 Å². The average Bonchev–Trinajstić information content (AvgIpc) is 3.10. The maximum Gasteiger partial charge on any atom is 0.271 e. The van der Waals surface area contributed by atoms with Crippen molar-refractivity contribution in [1.29, 1.82) is 0 Å². The lowest BCUT2D eigenvalue weighted by molar-refractivity contribution is 0.603. The van der Waals surface area contributed by atoms with Crippen molar-refractivity contribution in [3.05, 3.63) is 65.3 Å². The summed E-state index contributed by atoms with van der Waals surface area (Å²) in [6, 6.07) is 14.1. The van der Waals surface area contributed by atoms with Crippen molar-refractivity contribution in [3.8, 4) is 5.69 Å². The van der Waals surface area contributed by atoms with Crippen LogP contribution in [0.15, 0.2) is 65.1 Å². The van der Waals surface area contributed by atoms with Crippen molar-refractivity contribution in [2.24, 2.45) is 0 Å². The number of hydrogen-bond donors (Lipinski definition) is 1. The van der Waals surface area contributed by atoms with E-state index in [0.29, 0.717) is 10.0 Å². The van der Waals surface area contributed by atoms with Gasteiger partial charge in [0.15, 0.2) is 0 Å². The van der Waals surface area contributed by atoms with Crippen molar-refractivity contribution >= 4 is 38.6 Å². The zero-order valence-electron chi connectivity index (χ0n) is 10.7. The predicted molar refractivity (Wildman–Crippen MR) is 85.9 cm³/mol. The van der Waals surface area contributed by atoms with Gasteiger partial charge < -0.3 is 4.57 Å². The third kappa shape index (κ3) is 3.12. The summed E-state index contributed by atoms with van der Waals surface area (Å²) in [5.74, 6) is 0. The van der Waals surface area contributed by atoms with Gasteiger partial charge in [-0.1, -0.05) is 11.6 Å². The smallest absolute Gasteiger partial charge is 0.271 e. The van der Waals surface area contributed by atoms with Gasteiger partial charge in [0.05, 0.1) is 4.34 Å². The second kappa shape index (κ2) is 5.55. The number of hydrogen-bond acceptors (Lipinski definition) is 3. The molecule has 0 aliphatic carbocycles. The van der Waals surface area contributed by atoms with E-state index in [1.54, 1.807) is 18.2 Å². The zero-order chi connectivity index (χ0) is 14.9. The van der Waals surface area contributed by atoms with Crippen LogP contribution in [0.3, 0.4) is 0 Å². The number of thiophene rings is 1.